The average Bonchev–Trinajstić information content (AvgIpc) is 3.72. The summed E-state index contributed by atoms with van der Waals surface area (Å²) >= 11 is 3.57. The SMILES string of the molecule is c1cc(-c2ccc3ccccc3c2)cc(-c2ccc3sc4nc(-c5cccc(-c6cccc7c6sc6ccccc67)c5)cnc4c3c2)c1. The second-order valence-corrected chi connectivity index (χ2v) is 14.3. The lowest BCUT2D eigenvalue weighted by Gasteiger charge is -2.08. The highest BCUT2D eigenvalue weighted by atomic mass is 32.1. The molecule has 0 fully saturated rings. The van der Waals surface area contributed by atoms with Gasteiger partial charge in [-0.2, -0.15) is 0 Å². The minimum absolute atomic E-state index is 0.891. The minimum atomic E-state index is 0.891. The van der Waals surface area contributed by atoms with E-state index in [9.17, 15) is 0 Å². The topological polar surface area (TPSA) is 25.8 Å². The van der Waals surface area contributed by atoms with Gasteiger partial charge in [0.15, 0.2) is 0 Å². The monoisotopic (exact) mass is 646 g/mol. The lowest BCUT2D eigenvalue weighted by molar-refractivity contribution is 1.32. The van der Waals surface area contributed by atoms with E-state index in [0.29, 0.717) is 0 Å². The van der Waals surface area contributed by atoms with Crippen LogP contribution in [0.15, 0.2) is 158 Å². The molecule has 224 valence electrons. The Balaban J connectivity index is 1.01. The third-order valence-corrected chi connectivity index (χ3v) is 11.6. The van der Waals surface area contributed by atoms with Gasteiger partial charge < -0.3 is 0 Å². The maximum absolute atomic E-state index is 5.15. The highest BCUT2D eigenvalue weighted by Gasteiger charge is 2.14. The fraction of sp³-hybridized carbons (Fsp3) is 0. The first-order valence-electron chi connectivity index (χ1n) is 16.1. The number of hydrogen-bond acceptors (Lipinski definition) is 4. The van der Waals surface area contributed by atoms with Gasteiger partial charge in [-0.3, -0.25) is 4.98 Å². The predicted molar refractivity (Wildman–Crippen MR) is 207 cm³/mol. The number of nitrogens with zero attached hydrogens (tertiary/aromatic N) is 2. The van der Waals surface area contributed by atoms with Crippen molar-refractivity contribution in [2.75, 3.05) is 0 Å². The lowest BCUT2D eigenvalue weighted by Crippen LogP contribution is -1.87. The van der Waals surface area contributed by atoms with E-state index in [2.05, 4.69) is 152 Å². The highest BCUT2D eigenvalue weighted by Crippen LogP contribution is 2.41. The third kappa shape index (κ3) is 4.53. The van der Waals surface area contributed by atoms with E-state index in [1.807, 2.05) is 17.5 Å². The molecular weight excluding hydrogens is 621 g/mol. The Hall–Kier alpha value is -5.68. The molecule has 0 radical (unpaired) electrons. The summed E-state index contributed by atoms with van der Waals surface area (Å²) in [6.45, 7) is 0. The van der Waals surface area contributed by atoms with Crippen molar-refractivity contribution in [3.63, 3.8) is 0 Å². The van der Waals surface area contributed by atoms with Crippen molar-refractivity contribution in [2.45, 2.75) is 0 Å². The predicted octanol–water partition coefficient (Wildman–Crippen LogP) is 13.0. The first-order valence-corrected chi connectivity index (χ1v) is 17.7. The molecule has 0 spiro atoms. The van der Waals surface area contributed by atoms with E-state index in [1.165, 1.54) is 69.0 Å². The van der Waals surface area contributed by atoms with Gasteiger partial charge in [0.25, 0.3) is 0 Å². The van der Waals surface area contributed by atoms with Crippen LogP contribution < -0.4 is 0 Å². The minimum Gasteiger partial charge on any atom is -0.251 e. The van der Waals surface area contributed by atoms with Crippen molar-refractivity contribution in [1.29, 1.82) is 0 Å². The molecule has 48 heavy (non-hydrogen) atoms. The molecule has 3 aromatic heterocycles. The zero-order chi connectivity index (χ0) is 31.6. The van der Waals surface area contributed by atoms with Crippen LogP contribution in [-0.2, 0) is 0 Å². The smallest absolute Gasteiger partial charge is 0.143 e. The number of hydrogen-bond donors (Lipinski definition) is 0. The Morgan fingerprint density at radius 2 is 1.08 bits per heavy atom. The van der Waals surface area contributed by atoms with Crippen molar-refractivity contribution < 1.29 is 0 Å². The van der Waals surface area contributed by atoms with Gasteiger partial charge in [0.2, 0.25) is 0 Å². The van der Waals surface area contributed by atoms with Gasteiger partial charge in [0.05, 0.1) is 11.9 Å². The molecule has 7 aromatic carbocycles. The van der Waals surface area contributed by atoms with Crippen molar-refractivity contribution in [1.82, 2.24) is 9.97 Å². The fourth-order valence-electron chi connectivity index (χ4n) is 6.92. The van der Waals surface area contributed by atoms with E-state index in [1.54, 1.807) is 11.3 Å². The zero-order valence-electron chi connectivity index (χ0n) is 25.7. The van der Waals surface area contributed by atoms with Gasteiger partial charge in [0.1, 0.15) is 10.3 Å². The number of benzene rings is 7. The van der Waals surface area contributed by atoms with Crippen LogP contribution >= 0.6 is 22.7 Å². The molecular formula is C44H26N2S2. The van der Waals surface area contributed by atoms with E-state index >= 15 is 0 Å². The molecule has 4 heteroatoms. The standard InChI is InChI=1S/C44H26N2S2/c1-2-9-28-22-31(19-18-27(28)8-1)29-10-5-11-30(23-29)32-20-21-41-38(25-32)42-44(48-41)46-39(26-45-42)34-13-6-12-33(24-34)35-15-7-16-37-36-14-3-4-17-40(36)47-43(35)37/h1-26H. The zero-order valence-corrected chi connectivity index (χ0v) is 27.4. The molecule has 2 nitrogen and oxygen atoms in total. The van der Waals surface area contributed by atoms with Crippen molar-refractivity contribution in [2.24, 2.45) is 0 Å². The third-order valence-electron chi connectivity index (χ3n) is 9.33. The summed E-state index contributed by atoms with van der Waals surface area (Å²) in [7, 11) is 0. The second kappa shape index (κ2) is 11.0. The van der Waals surface area contributed by atoms with Gasteiger partial charge in [-0.15, -0.1) is 22.7 Å². The first kappa shape index (κ1) is 27.4. The Labute approximate surface area is 285 Å². The summed E-state index contributed by atoms with van der Waals surface area (Å²) < 4.78 is 3.83. The Kier molecular flexibility index (Phi) is 6.26. The first-order chi connectivity index (χ1) is 23.7. The van der Waals surface area contributed by atoms with Gasteiger partial charge >= 0.3 is 0 Å². The molecule has 10 rings (SSSR count). The largest absolute Gasteiger partial charge is 0.251 e. The van der Waals surface area contributed by atoms with Crippen LogP contribution in [0.1, 0.15) is 0 Å². The van der Waals surface area contributed by atoms with Gasteiger partial charge in [-0.1, -0.05) is 115 Å². The molecule has 0 aliphatic carbocycles. The molecule has 0 amide bonds. The fourth-order valence-corrected chi connectivity index (χ4v) is 9.17. The van der Waals surface area contributed by atoms with E-state index in [4.69, 9.17) is 9.97 Å². The van der Waals surface area contributed by atoms with E-state index in [-0.39, 0.29) is 0 Å². The van der Waals surface area contributed by atoms with Gasteiger partial charge in [-0.25, -0.2) is 4.98 Å². The Morgan fingerprint density at radius 3 is 2.00 bits per heavy atom. The van der Waals surface area contributed by atoms with Crippen LogP contribution in [0.2, 0.25) is 0 Å². The molecule has 0 aliphatic heterocycles. The molecule has 0 bridgehead atoms. The van der Waals surface area contributed by atoms with Crippen molar-refractivity contribution in [3.05, 3.63) is 158 Å². The lowest BCUT2D eigenvalue weighted by atomic mass is 9.97. The Bertz CT molecular complexity index is 2860. The maximum atomic E-state index is 5.15. The number of fused-ring (bicyclic) bond motifs is 7. The van der Waals surface area contributed by atoms with Crippen LogP contribution in [0.3, 0.4) is 0 Å². The summed E-state index contributed by atoms with van der Waals surface area (Å²) in [6, 6.07) is 54.8. The molecule has 0 unspecified atom stereocenters. The highest BCUT2D eigenvalue weighted by molar-refractivity contribution is 7.26. The molecule has 0 atom stereocenters. The van der Waals surface area contributed by atoms with Crippen LogP contribution in [0, 0.1) is 0 Å². The van der Waals surface area contributed by atoms with Crippen molar-refractivity contribution >= 4 is 74.1 Å². The number of aromatic nitrogens is 2. The van der Waals surface area contributed by atoms with Crippen LogP contribution in [0.25, 0.3) is 96.0 Å². The van der Waals surface area contributed by atoms with E-state index < -0.39 is 0 Å². The van der Waals surface area contributed by atoms with Crippen LogP contribution in [0.4, 0.5) is 0 Å². The molecule has 0 saturated carbocycles. The molecule has 0 aliphatic rings. The maximum Gasteiger partial charge on any atom is 0.143 e. The van der Waals surface area contributed by atoms with Gasteiger partial charge in [0, 0.05) is 35.8 Å². The van der Waals surface area contributed by atoms with Crippen LogP contribution in [0.5, 0.6) is 0 Å². The summed E-state index contributed by atoms with van der Waals surface area (Å²) in [5.41, 5.74) is 10.2. The summed E-state index contributed by atoms with van der Waals surface area (Å²) in [5, 5.41) is 6.29. The molecule has 10 aromatic rings. The second-order valence-electron chi connectivity index (χ2n) is 12.2. The van der Waals surface area contributed by atoms with Crippen molar-refractivity contribution in [3.8, 4) is 44.6 Å². The Morgan fingerprint density at radius 1 is 0.417 bits per heavy atom. The molecule has 3 heterocycles. The summed E-state index contributed by atoms with van der Waals surface area (Å²) in [6.07, 6.45) is 1.93. The van der Waals surface area contributed by atoms with Gasteiger partial charge in [-0.05, 0) is 80.6 Å². The summed E-state index contributed by atoms with van der Waals surface area (Å²) in [4.78, 5) is 11.1. The summed E-state index contributed by atoms with van der Waals surface area (Å²) in [5.74, 6) is 0. The van der Waals surface area contributed by atoms with E-state index in [0.717, 1.165) is 27.0 Å². The number of thiophene rings is 2. The normalized spacial score (nSPS) is 11.8. The molecule has 0 N–H and O–H groups in total. The quantitative estimate of drug-likeness (QED) is 0.190. The number of rotatable bonds is 4. The molecule has 0 saturated heterocycles. The van der Waals surface area contributed by atoms with Crippen LogP contribution in [-0.4, -0.2) is 9.97 Å². The average molecular weight is 647 g/mol.